The quantitative estimate of drug-likeness (QED) is 0.886. The topological polar surface area (TPSA) is 70.0 Å². The van der Waals surface area contributed by atoms with E-state index < -0.39 is 21.6 Å². The number of hydrogen-bond acceptors (Lipinski definition) is 3. The third-order valence-electron chi connectivity index (χ3n) is 1.45. The minimum Gasteiger partial charge on any atom is -0.283 e. The van der Waals surface area contributed by atoms with Crippen LogP contribution in [0.1, 0.15) is 0 Å². The number of nitrogens with zero attached hydrogens (tertiary/aromatic N) is 1. The summed E-state index contributed by atoms with van der Waals surface area (Å²) in [6.45, 7) is 0. The van der Waals surface area contributed by atoms with Crippen molar-refractivity contribution in [3.8, 4) is 6.07 Å². The van der Waals surface area contributed by atoms with Crippen LogP contribution < -0.4 is 4.72 Å². The van der Waals surface area contributed by atoms with Crippen LogP contribution in [0.2, 0.25) is 5.02 Å². The summed E-state index contributed by atoms with van der Waals surface area (Å²) in [6, 6.07) is 4.95. The summed E-state index contributed by atoms with van der Waals surface area (Å²) in [5.74, 6) is -1.41. The second kappa shape index (κ2) is 4.47. The van der Waals surface area contributed by atoms with Gasteiger partial charge in [-0.2, -0.15) is 5.26 Å². The molecule has 15 heavy (non-hydrogen) atoms. The van der Waals surface area contributed by atoms with Gasteiger partial charge in [0.2, 0.25) is 10.0 Å². The van der Waals surface area contributed by atoms with Gasteiger partial charge in [-0.25, -0.2) is 12.8 Å². The zero-order chi connectivity index (χ0) is 11.5. The van der Waals surface area contributed by atoms with E-state index in [1.807, 2.05) is 4.72 Å². The molecule has 1 rings (SSSR count). The third kappa shape index (κ3) is 3.38. The Morgan fingerprint density at radius 3 is 2.73 bits per heavy atom. The second-order valence-electron chi connectivity index (χ2n) is 2.65. The highest BCUT2D eigenvalue weighted by atomic mass is 35.5. The maximum Gasteiger partial charge on any atom is 0.246 e. The SMILES string of the molecule is N#CCS(=O)(=O)Nc1ccc(Cl)c(F)c1. The highest BCUT2D eigenvalue weighted by molar-refractivity contribution is 7.92. The van der Waals surface area contributed by atoms with Gasteiger partial charge < -0.3 is 0 Å². The Bertz CT molecular complexity index is 510. The van der Waals surface area contributed by atoms with E-state index in [2.05, 4.69) is 0 Å². The molecule has 0 spiro atoms. The van der Waals surface area contributed by atoms with E-state index in [4.69, 9.17) is 16.9 Å². The Kier molecular flexibility index (Phi) is 3.50. The fourth-order valence-electron chi connectivity index (χ4n) is 0.860. The van der Waals surface area contributed by atoms with Gasteiger partial charge in [-0.05, 0) is 18.2 Å². The highest BCUT2D eigenvalue weighted by Gasteiger charge is 2.10. The summed E-state index contributed by atoms with van der Waals surface area (Å²) in [6.07, 6.45) is 0. The molecule has 0 bridgehead atoms. The molecule has 0 aliphatic heterocycles. The third-order valence-corrected chi connectivity index (χ3v) is 2.81. The molecule has 7 heteroatoms. The first kappa shape index (κ1) is 11.8. The lowest BCUT2D eigenvalue weighted by Gasteiger charge is -2.05. The Hall–Kier alpha value is -1.32. The summed E-state index contributed by atoms with van der Waals surface area (Å²) in [5, 5.41) is 8.12. The van der Waals surface area contributed by atoms with E-state index in [-0.39, 0.29) is 10.7 Å². The van der Waals surface area contributed by atoms with Gasteiger partial charge in [0.15, 0.2) is 5.75 Å². The second-order valence-corrected chi connectivity index (χ2v) is 4.78. The van der Waals surface area contributed by atoms with Crippen molar-refractivity contribution in [1.29, 1.82) is 5.26 Å². The normalized spacial score (nSPS) is 10.7. The van der Waals surface area contributed by atoms with Crippen LogP contribution in [0.25, 0.3) is 0 Å². The summed E-state index contributed by atoms with van der Waals surface area (Å²) in [5.41, 5.74) is 0.0344. The zero-order valence-corrected chi connectivity index (χ0v) is 8.94. The van der Waals surface area contributed by atoms with Crippen LogP contribution >= 0.6 is 11.6 Å². The Balaban J connectivity index is 2.92. The summed E-state index contributed by atoms with van der Waals surface area (Å²) >= 11 is 5.41. The predicted molar refractivity (Wildman–Crippen MR) is 54.4 cm³/mol. The standard InChI is InChI=1S/C8H6ClFN2O2S/c9-7-2-1-6(5-8(7)10)12-15(13,14)4-3-11/h1-2,5,12H,4H2. The van der Waals surface area contributed by atoms with Crippen LogP contribution in [0, 0.1) is 17.1 Å². The molecule has 0 radical (unpaired) electrons. The van der Waals surface area contributed by atoms with Crippen LogP contribution in [-0.2, 0) is 10.0 Å². The van der Waals surface area contributed by atoms with Crippen molar-refractivity contribution in [2.45, 2.75) is 0 Å². The van der Waals surface area contributed by atoms with Gasteiger partial charge in [0.25, 0.3) is 0 Å². The lowest BCUT2D eigenvalue weighted by Crippen LogP contribution is -2.15. The monoisotopic (exact) mass is 248 g/mol. The van der Waals surface area contributed by atoms with Gasteiger partial charge in [0.05, 0.1) is 16.8 Å². The molecule has 0 atom stereocenters. The molecule has 0 saturated carbocycles. The number of anilines is 1. The van der Waals surface area contributed by atoms with Crippen molar-refractivity contribution >= 4 is 27.3 Å². The van der Waals surface area contributed by atoms with Crippen LogP contribution in [-0.4, -0.2) is 14.2 Å². The number of nitrogens with one attached hydrogen (secondary N) is 1. The summed E-state index contributed by atoms with van der Waals surface area (Å²) in [7, 11) is -3.74. The molecule has 80 valence electrons. The largest absolute Gasteiger partial charge is 0.283 e. The average molecular weight is 249 g/mol. The fraction of sp³-hybridized carbons (Fsp3) is 0.125. The van der Waals surface area contributed by atoms with Crippen molar-refractivity contribution in [1.82, 2.24) is 0 Å². The molecule has 0 heterocycles. The fourth-order valence-corrected chi connectivity index (χ4v) is 1.71. The highest BCUT2D eigenvalue weighted by Crippen LogP contribution is 2.19. The first-order valence-corrected chi connectivity index (χ1v) is 5.80. The molecule has 0 aliphatic carbocycles. The van der Waals surface area contributed by atoms with Gasteiger partial charge in [-0.1, -0.05) is 11.6 Å². The van der Waals surface area contributed by atoms with E-state index >= 15 is 0 Å². The smallest absolute Gasteiger partial charge is 0.246 e. The van der Waals surface area contributed by atoms with Crippen molar-refractivity contribution < 1.29 is 12.8 Å². The summed E-state index contributed by atoms with van der Waals surface area (Å²) in [4.78, 5) is 0. The molecule has 0 amide bonds. The average Bonchev–Trinajstić information content (AvgIpc) is 2.10. The van der Waals surface area contributed by atoms with E-state index in [9.17, 15) is 12.8 Å². The number of sulfonamides is 1. The van der Waals surface area contributed by atoms with Crippen LogP contribution in [0.5, 0.6) is 0 Å². The first-order chi connectivity index (χ1) is 6.94. The van der Waals surface area contributed by atoms with Crippen molar-refractivity contribution in [3.63, 3.8) is 0 Å². The molecule has 4 nitrogen and oxygen atoms in total. The van der Waals surface area contributed by atoms with E-state index in [1.54, 1.807) is 0 Å². The molecular formula is C8H6ClFN2O2S. The van der Waals surface area contributed by atoms with Gasteiger partial charge in [0.1, 0.15) is 5.82 Å². The van der Waals surface area contributed by atoms with Crippen molar-refractivity contribution in [3.05, 3.63) is 29.0 Å². The molecule has 1 aromatic carbocycles. The molecule has 1 N–H and O–H groups in total. The van der Waals surface area contributed by atoms with Gasteiger partial charge in [0, 0.05) is 0 Å². The predicted octanol–water partition coefficient (Wildman–Crippen LogP) is 1.74. The number of halogens is 2. The molecule has 0 unspecified atom stereocenters. The lowest BCUT2D eigenvalue weighted by molar-refractivity contribution is 0.604. The summed E-state index contributed by atoms with van der Waals surface area (Å²) < 4.78 is 37.2. The van der Waals surface area contributed by atoms with Crippen molar-refractivity contribution in [2.75, 3.05) is 10.5 Å². The molecular weight excluding hydrogens is 243 g/mol. The zero-order valence-electron chi connectivity index (χ0n) is 7.37. The first-order valence-electron chi connectivity index (χ1n) is 3.77. The van der Waals surface area contributed by atoms with E-state index in [1.165, 1.54) is 18.2 Å². The minimum absolute atomic E-state index is 0.0344. The van der Waals surface area contributed by atoms with E-state index in [0.717, 1.165) is 6.07 Å². The number of benzene rings is 1. The molecule has 0 saturated heterocycles. The lowest BCUT2D eigenvalue weighted by atomic mass is 10.3. The molecule has 1 aromatic rings. The van der Waals surface area contributed by atoms with Crippen LogP contribution in [0.15, 0.2) is 18.2 Å². The number of rotatable bonds is 3. The van der Waals surface area contributed by atoms with Gasteiger partial charge >= 0.3 is 0 Å². The number of nitriles is 1. The van der Waals surface area contributed by atoms with Crippen molar-refractivity contribution in [2.24, 2.45) is 0 Å². The Labute approximate surface area is 91.3 Å². The van der Waals surface area contributed by atoms with E-state index in [0.29, 0.717) is 0 Å². The van der Waals surface area contributed by atoms with Crippen LogP contribution in [0.3, 0.4) is 0 Å². The van der Waals surface area contributed by atoms with Crippen LogP contribution in [0.4, 0.5) is 10.1 Å². The number of hydrogen-bond donors (Lipinski definition) is 1. The van der Waals surface area contributed by atoms with Gasteiger partial charge in [-0.15, -0.1) is 0 Å². The maximum absolute atomic E-state index is 12.9. The molecule has 0 fully saturated rings. The molecule has 0 aliphatic rings. The Morgan fingerprint density at radius 1 is 1.53 bits per heavy atom. The maximum atomic E-state index is 12.9. The minimum atomic E-state index is -3.74. The Morgan fingerprint density at radius 2 is 2.20 bits per heavy atom. The van der Waals surface area contributed by atoms with Gasteiger partial charge in [-0.3, -0.25) is 4.72 Å². The molecule has 0 aromatic heterocycles.